The lowest BCUT2D eigenvalue weighted by atomic mass is 10.1. The van der Waals surface area contributed by atoms with Gasteiger partial charge in [-0.1, -0.05) is 0 Å². The van der Waals surface area contributed by atoms with Crippen LogP contribution in [0.1, 0.15) is 19.4 Å². The molecule has 0 fully saturated rings. The largest absolute Gasteiger partial charge is 0.493 e. The number of nitro benzene ring substituents is 1. The van der Waals surface area contributed by atoms with Crippen LogP contribution in [-0.2, 0) is 0 Å². The molecule has 132 valence electrons. The highest BCUT2D eigenvalue weighted by Crippen LogP contribution is 2.34. The number of ether oxygens (including phenoxy) is 2. The third-order valence-corrected chi connectivity index (χ3v) is 2.84. The van der Waals surface area contributed by atoms with Gasteiger partial charge in [0.2, 0.25) is 11.7 Å². The fourth-order valence-electron chi connectivity index (χ4n) is 1.89. The molecule has 1 aromatic carbocycles. The van der Waals surface area contributed by atoms with Crippen LogP contribution in [0.3, 0.4) is 0 Å². The fourth-order valence-corrected chi connectivity index (χ4v) is 1.89. The zero-order valence-electron chi connectivity index (χ0n) is 13.6. The van der Waals surface area contributed by atoms with E-state index in [1.165, 1.54) is 18.3 Å². The first-order chi connectivity index (χ1) is 12.0. The summed E-state index contributed by atoms with van der Waals surface area (Å²) in [5, 5.41) is 22.2. The lowest BCUT2D eigenvalue weighted by Gasteiger charge is -2.10. The molecule has 11 heteroatoms. The number of hydrazone groups is 1. The second kappa shape index (κ2) is 8.38. The second-order valence-corrected chi connectivity index (χ2v) is 4.53. The zero-order chi connectivity index (χ0) is 18.2. The minimum absolute atomic E-state index is 0.0298. The lowest BCUT2D eigenvalue weighted by Crippen LogP contribution is -2.10. The molecule has 1 heterocycles. The molecule has 25 heavy (non-hydrogen) atoms. The van der Waals surface area contributed by atoms with Gasteiger partial charge in [-0.15, -0.1) is 10.2 Å². The van der Waals surface area contributed by atoms with Crippen molar-refractivity contribution < 1.29 is 14.4 Å². The summed E-state index contributed by atoms with van der Waals surface area (Å²) in [5.41, 5.74) is 2.18. The molecule has 11 nitrogen and oxygen atoms in total. The molecule has 0 aliphatic rings. The average molecular weight is 348 g/mol. The highest BCUT2D eigenvalue weighted by molar-refractivity contribution is 5.86. The van der Waals surface area contributed by atoms with Gasteiger partial charge in [0.15, 0.2) is 0 Å². The zero-order valence-corrected chi connectivity index (χ0v) is 13.6. The van der Waals surface area contributed by atoms with Gasteiger partial charge in [0.05, 0.1) is 24.4 Å². The van der Waals surface area contributed by atoms with E-state index >= 15 is 0 Å². The summed E-state index contributed by atoms with van der Waals surface area (Å²) < 4.78 is 10.8. The highest BCUT2D eigenvalue weighted by Gasteiger charge is 2.19. The molecule has 2 aromatic rings. The quantitative estimate of drug-likeness (QED) is 0.413. The van der Waals surface area contributed by atoms with Gasteiger partial charge in [0.25, 0.3) is 5.56 Å². The van der Waals surface area contributed by atoms with Crippen LogP contribution in [0.15, 0.2) is 28.2 Å². The number of nitrogens with zero attached hydrogens (tertiary/aromatic N) is 4. The molecule has 0 spiro atoms. The molecule has 2 rings (SSSR count). The molecule has 0 aliphatic carbocycles. The maximum Gasteiger partial charge on any atom is 0.311 e. The van der Waals surface area contributed by atoms with Gasteiger partial charge in [-0.25, -0.2) is 5.43 Å². The molecule has 0 saturated heterocycles. The molecule has 0 saturated carbocycles. The van der Waals surface area contributed by atoms with Crippen molar-refractivity contribution in [2.24, 2.45) is 5.10 Å². The summed E-state index contributed by atoms with van der Waals surface area (Å²) in [6.45, 7) is 4.15. The van der Waals surface area contributed by atoms with Gasteiger partial charge in [0, 0.05) is 17.7 Å². The van der Waals surface area contributed by atoms with E-state index in [1.807, 2.05) is 0 Å². The van der Waals surface area contributed by atoms with Crippen LogP contribution in [0, 0.1) is 10.1 Å². The number of nitro groups is 1. The summed E-state index contributed by atoms with van der Waals surface area (Å²) in [6, 6.07) is 2.73. The van der Waals surface area contributed by atoms with Crippen LogP contribution >= 0.6 is 0 Å². The number of hydrogen-bond donors (Lipinski definition) is 2. The first-order valence-corrected chi connectivity index (χ1v) is 7.34. The van der Waals surface area contributed by atoms with Gasteiger partial charge in [-0.2, -0.15) is 5.10 Å². The predicted molar refractivity (Wildman–Crippen MR) is 89.3 cm³/mol. The normalized spacial score (nSPS) is 10.6. The molecule has 0 unspecified atom stereocenters. The number of anilines is 1. The SMILES string of the molecule is CCOc1cc(OCC)c([N+](=O)[O-])cc1/C=N/Nc1nncc(=O)[nH]1. The number of nitrogens with one attached hydrogen (secondary N) is 2. The summed E-state index contributed by atoms with van der Waals surface area (Å²) in [6.07, 6.45) is 2.32. The van der Waals surface area contributed by atoms with E-state index in [1.54, 1.807) is 13.8 Å². The molecule has 0 atom stereocenters. The second-order valence-electron chi connectivity index (χ2n) is 4.53. The number of aromatic nitrogens is 3. The standard InChI is InChI=1S/C14H16N6O5/c1-3-24-11-6-12(25-4-2)10(20(22)23)5-9(11)7-15-18-14-17-13(21)8-16-19-14/h5-8H,3-4H2,1-2H3,(H2,17,18,19,21)/b15-7+. The van der Waals surface area contributed by atoms with E-state index in [0.717, 1.165) is 6.20 Å². The van der Waals surface area contributed by atoms with E-state index in [-0.39, 0.29) is 24.0 Å². The van der Waals surface area contributed by atoms with Crippen molar-refractivity contribution in [2.45, 2.75) is 13.8 Å². The van der Waals surface area contributed by atoms with Gasteiger partial charge in [-0.05, 0) is 13.8 Å². The topological polar surface area (TPSA) is 145 Å². The molecule has 0 bridgehead atoms. The first-order valence-electron chi connectivity index (χ1n) is 7.34. The number of rotatable bonds is 8. The summed E-state index contributed by atoms with van der Waals surface area (Å²) in [4.78, 5) is 24.2. The monoisotopic (exact) mass is 348 g/mol. The van der Waals surface area contributed by atoms with Crippen LogP contribution in [0.25, 0.3) is 0 Å². The van der Waals surface area contributed by atoms with E-state index in [0.29, 0.717) is 17.9 Å². The van der Waals surface area contributed by atoms with Crippen molar-refractivity contribution in [3.63, 3.8) is 0 Å². The number of H-pyrrole nitrogens is 1. The summed E-state index contributed by atoms with van der Waals surface area (Å²) in [7, 11) is 0. The Hall–Kier alpha value is -3.50. The van der Waals surface area contributed by atoms with Crippen molar-refractivity contribution in [3.05, 3.63) is 44.4 Å². The van der Waals surface area contributed by atoms with Crippen LogP contribution in [0.5, 0.6) is 11.5 Å². The smallest absolute Gasteiger partial charge is 0.311 e. The van der Waals surface area contributed by atoms with Crippen LogP contribution in [-0.4, -0.2) is 39.5 Å². The molecule has 2 N–H and O–H groups in total. The lowest BCUT2D eigenvalue weighted by molar-refractivity contribution is -0.385. The average Bonchev–Trinajstić information content (AvgIpc) is 2.57. The van der Waals surface area contributed by atoms with Crippen molar-refractivity contribution in [3.8, 4) is 11.5 Å². The predicted octanol–water partition coefficient (Wildman–Crippen LogP) is 1.32. The van der Waals surface area contributed by atoms with Gasteiger partial charge in [-0.3, -0.25) is 19.9 Å². The highest BCUT2D eigenvalue weighted by atomic mass is 16.6. The fraction of sp³-hybridized carbons (Fsp3) is 0.286. The van der Waals surface area contributed by atoms with Crippen LogP contribution in [0.2, 0.25) is 0 Å². The first kappa shape index (κ1) is 17.8. The molecular weight excluding hydrogens is 332 g/mol. The number of benzene rings is 1. The number of aromatic amines is 1. The molecule has 0 radical (unpaired) electrons. The van der Waals surface area contributed by atoms with E-state index in [2.05, 4.69) is 25.7 Å². The molecule has 0 aliphatic heterocycles. The van der Waals surface area contributed by atoms with Crippen LogP contribution in [0.4, 0.5) is 11.6 Å². The van der Waals surface area contributed by atoms with Gasteiger partial charge >= 0.3 is 5.69 Å². The minimum atomic E-state index is -0.550. The van der Waals surface area contributed by atoms with Crippen LogP contribution < -0.4 is 20.5 Å². The Labute approximate surface area is 141 Å². The maximum atomic E-state index is 11.2. The Morgan fingerprint density at radius 2 is 2.04 bits per heavy atom. The Balaban J connectivity index is 2.33. The molecular formula is C14H16N6O5. The Morgan fingerprint density at radius 3 is 2.68 bits per heavy atom. The van der Waals surface area contributed by atoms with E-state index in [9.17, 15) is 14.9 Å². The van der Waals surface area contributed by atoms with Gasteiger partial charge in [0.1, 0.15) is 11.9 Å². The van der Waals surface area contributed by atoms with E-state index in [4.69, 9.17) is 9.47 Å². The summed E-state index contributed by atoms with van der Waals surface area (Å²) >= 11 is 0. The molecule has 0 amide bonds. The van der Waals surface area contributed by atoms with E-state index < -0.39 is 10.5 Å². The minimum Gasteiger partial charge on any atom is -0.493 e. The molecule has 1 aromatic heterocycles. The van der Waals surface area contributed by atoms with Crippen molar-refractivity contribution in [1.82, 2.24) is 15.2 Å². The Morgan fingerprint density at radius 1 is 1.32 bits per heavy atom. The van der Waals surface area contributed by atoms with Crippen molar-refractivity contribution in [1.29, 1.82) is 0 Å². The summed E-state index contributed by atoms with van der Waals surface area (Å²) in [5.74, 6) is 0.510. The van der Waals surface area contributed by atoms with Crippen molar-refractivity contribution >= 4 is 17.9 Å². The van der Waals surface area contributed by atoms with Crippen molar-refractivity contribution in [2.75, 3.05) is 18.6 Å². The van der Waals surface area contributed by atoms with Gasteiger partial charge < -0.3 is 9.47 Å². The maximum absolute atomic E-state index is 11.2. The number of hydrogen-bond acceptors (Lipinski definition) is 9. The Kier molecular flexibility index (Phi) is 5.98. The third kappa shape index (κ3) is 4.73. The third-order valence-electron chi connectivity index (χ3n) is 2.84. The Bertz CT molecular complexity index is 835.